The van der Waals surface area contributed by atoms with Crippen LogP contribution in [0.15, 0.2) is 6.07 Å². The highest BCUT2D eigenvalue weighted by Crippen LogP contribution is 2.06. The molecule has 0 radical (unpaired) electrons. The first-order valence-electron chi connectivity index (χ1n) is 5.94. The van der Waals surface area contributed by atoms with Crippen LogP contribution in [-0.2, 0) is 13.0 Å². The predicted molar refractivity (Wildman–Crippen MR) is 64.1 cm³/mol. The van der Waals surface area contributed by atoms with Gasteiger partial charge in [0.15, 0.2) is 0 Å². The van der Waals surface area contributed by atoms with Crippen LogP contribution in [0.5, 0.6) is 0 Å². The molecule has 0 fully saturated rings. The molecule has 1 heterocycles. The third-order valence-corrected chi connectivity index (χ3v) is 2.54. The largest absolute Gasteiger partial charge is 0.314 e. The molecule has 0 spiro atoms. The van der Waals surface area contributed by atoms with Gasteiger partial charge in [0.25, 0.3) is 0 Å². The molecule has 1 unspecified atom stereocenters. The first kappa shape index (κ1) is 12.2. The molecular weight excluding hydrogens is 186 g/mol. The second-order valence-electron chi connectivity index (χ2n) is 4.15. The SMILES string of the molecule is CCCNC(C)Cc1cc(C)nn1CC. The van der Waals surface area contributed by atoms with Crippen molar-refractivity contribution >= 4 is 0 Å². The zero-order chi connectivity index (χ0) is 11.3. The number of hydrogen-bond acceptors (Lipinski definition) is 2. The normalized spacial score (nSPS) is 13.1. The van der Waals surface area contributed by atoms with Crippen molar-refractivity contribution in [2.75, 3.05) is 6.54 Å². The molecule has 1 aromatic heterocycles. The van der Waals surface area contributed by atoms with E-state index in [0.717, 1.165) is 25.2 Å². The quantitative estimate of drug-likeness (QED) is 0.778. The summed E-state index contributed by atoms with van der Waals surface area (Å²) in [6.07, 6.45) is 2.26. The zero-order valence-corrected chi connectivity index (χ0v) is 10.4. The van der Waals surface area contributed by atoms with Gasteiger partial charge < -0.3 is 5.32 Å². The van der Waals surface area contributed by atoms with Gasteiger partial charge in [-0.25, -0.2) is 0 Å². The van der Waals surface area contributed by atoms with Crippen molar-refractivity contribution in [1.82, 2.24) is 15.1 Å². The summed E-state index contributed by atoms with van der Waals surface area (Å²) >= 11 is 0. The lowest BCUT2D eigenvalue weighted by atomic mass is 10.1. The molecule has 0 saturated carbocycles. The minimum atomic E-state index is 0.534. The first-order chi connectivity index (χ1) is 7.17. The first-order valence-corrected chi connectivity index (χ1v) is 5.94. The van der Waals surface area contributed by atoms with Crippen molar-refractivity contribution in [1.29, 1.82) is 0 Å². The highest BCUT2D eigenvalue weighted by Gasteiger charge is 2.08. The van der Waals surface area contributed by atoms with Crippen LogP contribution in [0.2, 0.25) is 0 Å². The van der Waals surface area contributed by atoms with Crippen LogP contribution < -0.4 is 5.32 Å². The van der Waals surface area contributed by atoms with Gasteiger partial charge in [0, 0.05) is 24.7 Å². The summed E-state index contributed by atoms with van der Waals surface area (Å²) in [5.41, 5.74) is 2.46. The van der Waals surface area contributed by atoms with E-state index in [0.29, 0.717) is 6.04 Å². The van der Waals surface area contributed by atoms with Crippen molar-refractivity contribution in [3.63, 3.8) is 0 Å². The molecule has 0 aliphatic carbocycles. The van der Waals surface area contributed by atoms with Crippen molar-refractivity contribution < 1.29 is 0 Å². The van der Waals surface area contributed by atoms with Crippen LogP contribution in [0.1, 0.15) is 38.6 Å². The maximum atomic E-state index is 4.45. The van der Waals surface area contributed by atoms with E-state index in [4.69, 9.17) is 0 Å². The minimum absolute atomic E-state index is 0.534. The fourth-order valence-electron chi connectivity index (χ4n) is 1.81. The van der Waals surface area contributed by atoms with Crippen molar-refractivity contribution in [3.8, 4) is 0 Å². The number of hydrogen-bond donors (Lipinski definition) is 1. The Kier molecular flexibility index (Phi) is 4.82. The Morgan fingerprint density at radius 3 is 2.80 bits per heavy atom. The maximum Gasteiger partial charge on any atom is 0.0596 e. The summed E-state index contributed by atoms with van der Waals surface area (Å²) in [5.74, 6) is 0. The molecule has 0 aliphatic rings. The third-order valence-electron chi connectivity index (χ3n) is 2.54. The van der Waals surface area contributed by atoms with E-state index in [1.165, 1.54) is 12.1 Å². The van der Waals surface area contributed by atoms with Gasteiger partial charge in [-0.15, -0.1) is 0 Å². The van der Waals surface area contributed by atoms with E-state index in [1.807, 2.05) is 0 Å². The number of aromatic nitrogens is 2. The van der Waals surface area contributed by atoms with E-state index in [-0.39, 0.29) is 0 Å². The second kappa shape index (κ2) is 5.91. The van der Waals surface area contributed by atoms with Crippen LogP contribution >= 0.6 is 0 Å². The minimum Gasteiger partial charge on any atom is -0.314 e. The summed E-state index contributed by atoms with van der Waals surface area (Å²) in [4.78, 5) is 0. The number of aryl methyl sites for hydroxylation is 2. The Balaban J connectivity index is 2.54. The Morgan fingerprint density at radius 1 is 1.47 bits per heavy atom. The Hall–Kier alpha value is -0.830. The third kappa shape index (κ3) is 3.67. The van der Waals surface area contributed by atoms with Gasteiger partial charge in [0.05, 0.1) is 5.69 Å². The van der Waals surface area contributed by atoms with Gasteiger partial charge in [0.2, 0.25) is 0 Å². The van der Waals surface area contributed by atoms with Gasteiger partial charge in [-0.1, -0.05) is 6.92 Å². The summed E-state index contributed by atoms with van der Waals surface area (Å²) in [6.45, 7) is 10.7. The monoisotopic (exact) mass is 209 g/mol. The smallest absolute Gasteiger partial charge is 0.0596 e. The Bertz CT molecular complexity index is 291. The van der Waals surface area contributed by atoms with E-state index >= 15 is 0 Å². The van der Waals surface area contributed by atoms with Gasteiger partial charge >= 0.3 is 0 Å². The van der Waals surface area contributed by atoms with Crippen molar-refractivity contribution in [2.45, 2.75) is 53.1 Å². The summed E-state index contributed by atoms with van der Waals surface area (Å²) in [7, 11) is 0. The fourth-order valence-corrected chi connectivity index (χ4v) is 1.81. The van der Waals surface area contributed by atoms with E-state index in [9.17, 15) is 0 Å². The summed E-state index contributed by atoms with van der Waals surface area (Å²) in [6, 6.07) is 2.72. The number of rotatable bonds is 6. The molecule has 0 saturated heterocycles. The molecule has 3 heteroatoms. The highest BCUT2D eigenvalue weighted by atomic mass is 15.3. The zero-order valence-electron chi connectivity index (χ0n) is 10.4. The highest BCUT2D eigenvalue weighted by molar-refractivity contribution is 5.10. The average Bonchev–Trinajstić information content (AvgIpc) is 2.55. The number of nitrogens with one attached hydrogen (secondary N) is 1. The summed E-state index contributed by atoms with van der Waals surface area (Å²) in [5, 5.41) is 7.95. The van der Waals surface area contributed by atoms with Crippen LogP contribution in [0.4, 0.5) is 0 Å². The topological polar surface area (TPSA) is 29.9 Å². The van der Waals surface area contributed by atoms with Crippen LogP contribution in [-0.4, -0.2) is 22.4 Å². The summed E-state index contributed by atoms with van der Waals surface area (Å²) < 4.78 is 2.10. The van der Waals surface area contributed by atoms with E-state index in [1.54, 1.807) is 0 Å². The molecule has 0 amide bonds. The van der Waals surface area contributed by atoms with Crippen LogP contribution in [0, 0.1) is 6.92 Å². The average molecular weight is 209 g/mol. The molecule has 3 nitrogen and oxygen atoms in total. The predicted octanol–water partition coefficient (Wildman–Crippen LogP) is 2.14. The molecule has 15 heavy (non-hydrogen) atoms. The molecular formula is C12H23N3. The lowest BCUT2D eigenvalue weighted by Gasteiger charge is -2.13. The van der Waals surface area contributed by atoms with Gasteiger partial charge in [-0.3, -0.25) is 4.68 Å². The maximum absolute atomic E-state index is 4.45. The van der Waals surface area contributed by atoms with Crippen molar-refractivity contribution in [3.05, 3.63) is 17.5 Å². The standard InChI is InChI=1S/C12H23N3/c1-5-7-13-10(3)8-12-9-11(4)14-15(12)6-2/h9-10,13H,5-8H2,1-4H3. The lowest BCUT2D eigenvalue weighted by Crippen LogP contribution is -2.29. The van der Waals surface area contributed by atoms with Crippen LogP contribution in [0.3, 0.4) is 0 Å². The number of nitrogens with zero attached hydrogens (tertiary/aromatic N) is 2. The molecule has 0 aromatic carbocycles. The fraction of sp³-hybridized carbons (Fsp3) is 0.750. The molecule has 0 aliphatic heterocycles. The molecule has 1 N–H and O–H groups in total. The van der Waals surface area contributed by atoms with Crippen LogP contribution in [0.25, 0.3) is 0 Å². The van der Waals surface area contributed by atoms with Gasteiger partial charge in [-0.2, -0.15) is 5.10 Å². The van der Waals surface area contributed by atoms with Crippen molar-refractivity contribution in [2.24, 2.45) is 0 Å². The second-order valence-corrected chi connectivity index (χ2v) is 4.15. The van der Waals surface area contributed by atoms with Gasteiger partial charge in [-0.05, 0) is 39.8 Å². The molecule has 1 rings (SSSR count). The Labute approximate surface area is 92.9 Å². The van der Waals surface area contributed by atoms with Gasteiger partial charge in [0.1, 0.15) is 0 Å². The van der Waals surface area contributed by atoms with E-state index < -0.39 is 0 Å². The molecule has 0 bridgehead atoms. The lowest BCUT2D eigenvalue weighted by molar-refractivity contribution is 0.515. The Morgan fingerprint density at radius 2 is 2.20 bits per heavy atom. The molecule has 1 aromatic rings. The molecule has 86 valence electrons. The molecule has 1 atom stereocenters. The van der Waals surface area contributed by atoms with E-state index in [2.05, 4.69) is 48.9 Å².